The van der Waals surface area contributed by atoms with Crippen LogP contribution < -0.4 is 5.73 Å². The van der Waals surface area contributed by atoms with Crippen molar-refractivity contribution < 1.29 is 0 Å². The van der Waals surface area contributed by atoms with Crippen LogP contribution in [0.25, 0.3) is 56.1 Å². The lowest BCUT2D eigenvalue weighted by Crippen LogP contribution is -1.90. The Morgan fingerprint density at radius 3 is 2.75 bits per heavy atom. The number of nitrogens with zero attached hydrogens (tertiary/aromatic N) is 5. The van der Waals surface area contributed by atoms with Gasteiger partial charge in [-0.15, -0.1) is 0 Å². The van der Waals surface area contributed by atoms with Gasteiger partial charge in [-0.05, 0) is 36.8 Å². The van der Waals surface area contributed by atoms with Gasteiger partial charge in [-0.2, -0.15) is 5.10 Å². The first-order valence-corrected chi connectivity index (χ1v) is 10.1. The average molecular weight is 418 g/mol. The molecule has 1 aromatic carbocycles. The predicted octanol–water partition coefficient (Wildman–Crippen LogP) is 4.52. The van der Waals surface area contributed by atoms with E-state index in [1.807, 2.05) is 30.3 Å². The molecule has 4 N–H and O–H groups in total. The summed E-state index contributed by atoms with van der Waals surface area (Å²) in [6.45, 7) is 2.08. The fourth-order valence-electron chi connectivity index (χ4n) is 3.90. The molecule has 0 fully saturated rings. The first-order valence-electron chi connectivity index (χ1n) is 10.1. The number of nitrogen functional groups attached to an aromatic ring is 1. The van der Waals surface area contributed by atoms with E-state index in [2.05, 4.69) is 50.3 Å². The van der Waals surface area contributed by atoms with Crippen molar-refractivity contribution in [2.45, 2.75) is 6.92 Å². The van der Waals surface area contributed by atoms with Crippen molar-refractivity contribution in [3.63, 3.8) is 0 Å². The Bertz CT molecular complexity index is 1610. The van der Waals surface area contributed by atoms with E-state index in [0.29, 0.717) is 28.4 Å². The van der Waals surface area contributed by atoms with Gasteiger partial charge in [0.15, 0.2) is 17.2 Å². The molecule has 0 amide bonds. The van der Waals surface area contributed by atoms with Gasteiger partial charge in [0.25, 0.3) is 0 Å². The van der Waals surface area contributed by atoms with Gasteiger partial charge in [-0.25, -0.2) is 15.0 Å². The third kappa shape index (κ3) is 2.97. The van der Waals surface area contributed by atoms with Crippen molar-refractivity contribution >= 4 is 27.9 Å². The van der Waals surface area contributed by atoms with Gasteiger partial charge in [0, 0.05) is 29.7 Å². The number of rotatable bonds is 3. The molecule has 0 spiro atoms. The Morgan fingerprint density at radius 2 is 1.88 bits per heavy atom. The van der Waals surface area contributed by atoms with Crippen molar-refractivity contribution in [1.82, 2.24) is 35.1 Å². The van der Waals surface area contributed by atoms with Gasteiger partial charge in [-0.1, -0.05) is 29.8 Å². The zero-order valence-corrected chi connectivity index (χ0v) is 17.2. The number of aromatic amines is 2. The average Bonchev–Trinajstić information content (AvgIpc) is 3.42. The number of anilines is 1. The highest BCUT2D eigenvalue weighted by molar-refractivity contribution is 5.95. The smallest absolute Gasteiger partial charge is 0.178 e. The maximum Gasteiger partial charge on any atom is 0.178 e. The molecule has 0 saturated heterocycles. The third-order valence-corrected chi connectivity index (χ3v) is 5.41. The van der Waals surface area contributed by atoms with Crippen LogP contribution in [0, 0.1) is 6.92 Å². The Balaban J connectivity index is 1.51. The zero-order chi connectivity index (χ0) is 21.7. The molecule has 32 heavy (non-hydrogen) atoms. The van der Waals surface area contributed by atoms with Crippen LogP contribution in [0.5, 0.6) is 0 Å². The molecule has 8 heteroatoms. The molecule has 0 radical (unpaired) electrons. The second-order valence-corrected chi connectivity index (χ2v) is 7.68. The minimum absolute atomic E-state index is 0.587. The van der Waals surface area contributed by atoms with Crippen molar-refractivity contribution in [2.75, 3.05) is 5.73 Å². The molecule has 6 rings (SSSR count). The number of H-pyrrole nitrogens is 2. The second kappa shape index (κ2) is 6.98. The highest BCUT2D eigenvalue weighted by Crippen LogP contribution is 2.31. The van der Waals surface area contributed by atoms with E-state index in [4.69, 9.17) is 15.7 Å². The van der Waals surface area contributed by atoms with Gasteiger partial charge in [0.2, 0.25) is 0 Å². The molecule has 0 saturated carbocycles. The van der Waals surface area contributed by atoms with E-state index in [1.165, 1.54) is 5.56 Å². The zero-order valence-electron chi connectivity index (χ0n) is 17.2. The summed E-state index contributed by atoms with van der Waals surface area (Å²) in [6.07, 6.45) is 5.12. The van der Waals surface area contributed by atoms with Crippen molar-refractivity contribution in [3.8, 4) is 33.9 Å². The fourth-order valence-corrected chi connectivity index (χ4v) is 3.90. The van der Waals surface area contributed by atoms with Crippen LogP contribution in [0.2, 0.25) is 0 Å². The quantitative estimate of drug-likeness (QED) is 0.388. The lowest BCUT2D eigenvalue weighted by atomic mass is 10.0. The number of nitrogens with two attached hydrogens (primary N) is 1. The summed E-state index contributed by atoms with van der Waals surface area (Å²) in [5.74, 6) is 0.606. The first-order chi connectivity index (χ1) is 15.7. The maximum atomic E-state index is 5.89. The number of aryl methyl sites for hydroxylation is 1. The molecule has 8 nitrogen and oxygen atoms in total. The third-order valence-electron chi connectivity index (χ3n) is 5.41. The predicted molar refractivity (Wildman–Crippen MR) is 125 cm³/mol. The Kier molecular flexibility index (Phi) is 3.97. The van der Waals surface area contributed by atoms with Crippen LogP contribution in [-0.2, 0) is 0 Å². The lowest BCUT2D eigenvalue weighted by Gasteiger charge is -2.03. The van der Waals surface area contributed by atoms with Crippen molar-refractivity contribution in [3.05, 3.63) is 72.7 Å². The normalized spacial score (nSPS) is 11.4. The molecular formula is C24H18N8. The highest BCUT2D eigenvalue weighted by atomic mass is 15.2. The van der Waals surface area contributed by atoms with E-state index < -0.39 is 0 Å². The largest absolute Gasteiger partial charge is 0.397 e. The molecule has 0 bridgehead atoms. The molecule has 0 atom stereocenters. The van der Waals surface area contributed by atoms with E-state index in [-0.39, 0.29) is 0 Å². The number of imidazole rings is 1. The van der Waals surface area contributed by atoms with Crippen LogP contribution in [0.1, 0.15) is 5.56 Å². The number of aromatic nitrogens is 7. The van der Waals surface area contributed by atoms with Crippen LogP contribution in [-0.4, -0.2) is 35.1 Å². The fraction of sp³-hybridized carbons (Fsp3) is 0.0417. The minimum Gasteiger partial charge on any atom is -0.397 e. The van der Waals surface area contributed by atoms with Crippen molar-refractivity contribution in [2.24, 2.45) is 0 Å². The highest BCUT2D eigenvalue weighted by Gasteiger charge is 2.17. The number of fused-ring (bicyclic) bond motifs is 2. The standard InChI is InChI=1S/C24H18N8/c1-13-3-2-4-14(9-13)17-7-8-27-23-20(17)29-24(30-23)22-21-19(31-32-22)6-5-18(28-21)15-10-16(25)12-26-11-15/h2-12H,25H2,1H3,(H,31,32)(H,27,29,30). The van der Waals surface area contributed by atoms with Gasteiger partial charge in [0.1, 0.15) is 5.52 Å². The number of hydrogen-bond donors (Lipinski definition) is 3. The first kappa shape index (κ1) is 18.2. The van der Waals surface area contributed by atoms with Gasteiger partial charge < -0.3 is 10.7 Å². The van der Waals surface area contributed by atoms with Gasteiger partial charge in [0.05, 0.1) is 22.4 Å². The molecule has 5 aromatic heterocycles. The van der Waals surface area contributed by atoms with Crippen LogP contribution in [0.4, 0.5) is 5.69 Å². The lowest BCUT2D eigenvalue weighted by molar-refractivity contribution is 1.10. The minimum atomic E-state index is 0.587. The molecule has 154 valence electrons. The summed E-state index contributed by atoms with van der Waals surface area (Å²) < 4.78 is 0. The van der Waals surface area contributed by atoms with E-state index in [0.717, 1.165) is 33.4 Å². The summed E-state index contributed by atoms with van der Waals surface area (Å²) >= 11 is 0. The summed E-state index contributed by atoms with van der Waals surface area (Å²) in [6, 6.07) is 16.0. The Hall–Kier alpha value is -4.59. The molecule has 0 aliphatic carbocycles. The van der Waals surface area contributed by atoms with Gasteiger partial charge in [-0.3, -0.25) is 10.1 Å². The van der Waals surface area contributed by atoms with Crippen LogP contribution in [0.15, 0.2) is 67.1 Å². The SMILES string of the molecule is Cc1cccc(-c2ccnc3nc(-c4n[nH]c5ccc(-c6cncc(N)c6)nc45)[nH]c23)c1. The number of nitrogens with one attached hydrogen (secondary N) is 2. The monoisotopic (exact) mass is 418 g/mol. The van der Waals surface area contributed by atoms with E-state index in [1.54, 1.807) is 18.6 Å². The summed E-state index contributed by atoms with van der Waals surface area (Å²) in [4.78, 5) is 21.6. The molecule has 0 aliphatic heterocycles. The summed E-state index contributed by atoms with van der Waals surface area (Å²) in [5, 5.41) is 7.52. The topological polar surface area (TPSA) is 122 Å². The Morgan fingerprint density at radius 1 is 0.938 bits per heavy atom. The molecular weight excluding hydrogens is 400 g/mol. The van der Waals surface area contributed by atoms with Gasteiger partial charge >= 0.3 is 0 Å². The molecule has 0 aliphatic rings. The van der Waals surface area contributed by atoms with Crippen molar-refractivity contribution in [1.29, 1.82) is 0 Å². The molecule has 6 aromatic rings. The summed E-state index contributed by atoms with van der Waals surface area (Å²) in [5.41, 5.74) is 15.1. The molecule has 5 heterocycles. The Labute approximate surface area is 182 Å². The van der Waals surface area contributed by atoms with E-state index >= 15 is 0 Å². The van der Waals surface area contributed by atoms with Crippen LogP contribution >= 0.6 is 0 Å². The number of benzene rings is 1. The van der Waals surface area contributed by atoms with Crippen LogP contribution in [0.3, 0.4) is 0 Å². The van der Waals surface area contributed by atoms with E-state index in [9.17, 15) is 0 Å². The molecule has 0 unspecified atom stereocenters. The summed E-state index contributed by atoms with van der Waals surface area (Å²) in [7, 11) is 0. The number of hydrogen-bond acceptors (Lipinski definition) is 6. The number of pyridine rings is 3. The maximum absolute atomic E-state index is 5.89. The second-order valence-electron chi connectivity index (χ2n) is 7.68.